The maximum atomic E-state index is 12.5. The number of hydrogen-bond acceptors (Lipinski definition) is 2. The van der Waals surface area contributed by atoms with E-state index in [1.807, 2.05) is 0 Å². The highest BCUT2D eigenvalue weighted by atomic mass is 19.4. The maximum Gasteiger partial charge on any atom is 0.416 e. The van der Waals surface area contributed by atoms with Crippen molar-refractivity contribution in [2.75, 3.05) is 6.54 Å². The van der Waals surface area contributed by atoms with Crippen LogP contribution in [0.3, 0.4) is 0 Å². The molecule has 1 aromatic rings. The molecule has 0 spiro atoms. The van der Waals surface area contributed by atoms with Gasteiger partial charge in [0.2, 0.25) is 5.91 Å². The number of halogens is 3. The van der Waals surface area contributed by atoms with E-state index >= 15 is 0 Å². The van der Waals surface area contributed by atoms with Crippen LogP contribution in [0.5, 0.6) is 0 Å². The predicted molar refractivity (Wildman–Crippen MR) is 78.7 cm³/mol. The van der Waals surface area contributed by atoms with Gasteiger partial charge >= 0.3 is 12.1 Å². The van der Waals surface area contributed by atoms with Crippen LogP contribution in [0, 0.1) is 11.8 Å². The second-order valence-corrected chi connectivity index (χ2v) is 5.49. The number of carbonyl (C=O) groups excluding carboxylic acids is 1. The Morgan fingerprint density at radius 3 is 2.22 bits per heavy atom. The third-order valence-corrected chi connectivity index (χ3v) is 3.63. The Bertz CT molecular complexity index is 540. The molecule has 23 heavy (non-hydrogen) atoms. The molecule has 2 N–H and O–H groups in total. The van der Waals surface area contributed by atoms with Crippen molar-refractivity contribution >= 4 is 11.9 Å². The molecule has 0 saturated heterocycles. The third kappa shape index (κ3) is 5.92. The Kier molecular flexibility index (Phi) is 6.60. The zero-order valence-corrected chi connectivity index (χ0v) is 13.0. The number of aliphatic carboxylic acids is 1. The first kappa shape index (κ1) is 19.0. The highest BCUT2D eigenvalue weighted by molar-refractivity contribution is 5.79. The van der Waals surface area contributed by atoms with Gasteiger partial charge in [-0.1, -0.05) is 26.0 Å². The van der Waals surface area contributed by atoms with Crippen molar-refractivity contribution < 1.29 is 27.9 Å². The minimum absolute atomic E-state index is 0.0255. The summed E-state index contributed by atoms with van der Waals surface area (Å²) in [4.78, 5) is 22.8. The minimum atomic E-state index is -4.38. The molecule has 0 aliphatic rings. The lowest BCUT2D eigenvalue weighted by atomic mass is 9.95. The zero-order chi connectivity index (χ0) is 17.6. The van der Waals surface area contributed by atoms with Gasteiger partial charge in [-0.05, 0) is 30.5 Å². The molecule has 1 rings (SSSR count). The molecular formula is C16H20F3NO3. The standard InChI is InChI=1S/C16H20F3NO3/c1-3-12(14(21)20-9-10(2)15(22)23)8-11-4-6-13(7-5-11)16(17,18)19/h4-7,10,12H,3,8-9H2,1-2H3,(H,20,21)(H,22,23). The molecule has 0 aliphatic carbocycles. The van der Waals surface area contributed by atoms with Crippen molar-refractivity contribution in [2.24, 2.45) is 11.8 Å². The normalized spacial score (nSPS) is 14.1. The zero-order valence-electron chi connectivity index (χ0n) is 13.0. The van der Waals surface area contributed by atoms with Crippen LogP contribution in [0.2, 0.25) is 0 Å². The van der Waals surface area contributed by atoms with Crippen molar-refractivity contribution in [3.8, 4) is 0 Å². The number of rotatable bonds is 7. The summed E-state index contributed by atoms with van der Waals surface area (Å²) in [6.45, 7) is 3.31. The van der Waals surface area contributed by atoms with E-state index in [1.165, 1.54) is 19.1 Å². The summed E-state index contributed by atoms with van der Waals surface area (Å²) < 4.78 is 37.5. The Morgan fingerprint density at radius 2 is 1.78 bits per heavy atom. The van der Waals surface area contributed by atoms with Crippen LogP contribution in [0.4, 0.5) is 13.2 Å². The average Bonchev–Trinajstić information content (AvgIpc) is 2.49. The largest absolute Gasteiger partial charge is 0.481 e. The van der Waals surface area contributed by atoms with Crippen LogP contribution < -0.4 is 5.32 Å². The molecule has 128 valence electrons. The Labute approximate surface area is 132 Å². The van der Waals surface area contributed by atoms with E-state index in [2.05, 4.69) is 5.32 Å². The Morgan fingerprint density at radius 1 is 1.22 bits per heavy atom. The van der Waals surface area contributed by atoms with Crippen molar-refractivity contribution in [1.82, 2.24) is 5.32 Å². The lowest BCUT2D eigenvalue weighted by Crippen LogP contribution is -2.36. The van der Waals surface area contributed by atoms with E-state index in [0.717, 1.165) is 12.1 Å². The Balaban J connectivity index is 2.65. The van der Waals surface area contributed by atoms with Crippen LogP contribution >= 0.6 is 0 Å². The summed E-state index contributed by atoms with van der Waals surface area (Å²) in [6, 6.07) is 4.70. The quantitative estimate of drug-likeness (QED) is 0.807. The van der Waals surface area contributed by atoms with E-state index in [4.69, 9.17) is 5.11 Å². The molecule has 0 fully saturated rings. The first-order chi connectivity index (χ1) is 10.6. The number of carboxylic acid groups (broad SMARTS) is 1. The molecule has 1 amide bonds. The summed E-state index contributed by atoms with van der Waals surface area (Å²) in [7, 11) is 0. The van der Waals surface area contributed by atoms with E-state index in [0.29, 0.717) is 18.4 Å². The molecule has 0 aromatic heterocycles. The monoisotopic (exact) mass is 331 g/mol. The molecule has 0 heterocycles. The first-order valence-corrected chi connectivity index (χ1v) is 7.31. The molecule has 1 aromatic carbocycles. The SMILES string of the molecule is CCC(Cc1ccc(C(F)(F)F)cc1)C(=O)NCC(C)C(=O)O. The fourth-order valence-electron chi connectivity index (χ4n) is 2.02. The number of carbonyl (C=O) groups is 2. The topological polar surface area (TPSA) is 66.4 Å². The lowest BCUT2D eigenvalue weighted by Gasteiger charge is -2.16. The van der Waals surface area contributed by atoms with Crippen molar-refractivity contribution in [2.45, 2.75) is 32.9 Å². The molecule has 2 unspecified atom stereocenters. The van der Waals surface area contributed by atoms with Gasteiger partial charge < -0.3 is 10.4 Å². The van der Waals surface area contributed by atoms with Gasteiger partial charge in [0.25, 0.3) is 0 Å². The summed E-state index contributed by atoms with van der Waals surface area (Å²) in [5.41, 5.74) is -0.0969. The van der Waals surface area contributed by atoms with E-state index in [-0.39, 0.29) is 12.5 Å². The highest BCUT2D eigenvalue weighted by Crippen LogP contribution is 2.29. The van der Waals surface area contributed by atoms with Gasteiger partial charge in [-0.15, -0.1) is 0 Å². The van der Waals surface area contributed by atoms with Crippen molar-refractivity contribution in [3.05, 3.63) is 35.4 Å². The van der Waals surface area contributed by atoms with E-state index in [9.17, 15) is 22.8 Å². The van der Waals surface area contributed by atoms with Gasteiger partial charge in [0, 0.05) is 12.5 Å². The fourth-order valence-corrected chi connectivity index (χ4v) is 2.02. The van der Waals surface area contributed by atoms with Gasteiger partial charge in [0.15, 0.2) is 0 Å². The molecule has 4 nitrogen and oxygen atoms in total. The van der Waals surface area contributed by atoms with Crippen LogP contribution in [-0.2, 0) is 22.2 Å². The molecule has 0 aliphatic heterocycles. The Hall–Kier alpha value is -2.05. The van der Waals surface area contributed by atoms with Gasteiger partial charge in [0.1, 0.15) is 0 Å². The smallest absolute Gasteiger partial charge is 0.416 e. The number of hydrogen-bond donors (Lipinski definition) is 2. The maximum absolute atomic E-state index is 12.5. The summed E-state index contributed by atoms with van der Waals surface area (Å²) >= 11 is 0. The number of alkyl halides is 3. The lowest BCUT2D eigenvalue weighted by molar-refractivity contribution is -0.141. The van der Waals surface area contributed by atoms with Gasteiger partial charge in [-0.25, -0.2) is 0 Å². The predicted octanol–water partition coefficient (Wildman–Crippen LogP) is 3.11. The second-order valence-electron chi connectivity index (χ2n) is 5.49. The van der Waals surface area contributed by atoms with Crippen molar-refractivity contribution in [1.29, 1.82) is 0 Å². The molecular weight excluding hydrogens is 311 g/mol. The van der Waals surface area contributed by atoms with Gasteiger partial charge in [-0.2, -0.15) is 13.2 Å². The van der Waals surface area contributed by atoms with Crippen molar-refractivity contribution in [3.63, 3.8) is 0 Å². The van der Waals surface area contributed by atoms with Gasteiger partial charge in [0.05, 0.1) is 11.5 Å². The van der Waals surface area contributed by atoms with Crippen LogP contribution in [0.25, 0.3) is 0 Å². The second kappa shape index (κ2) is 7.99. The summed E-state index contributed by atoms with van der Waals surface area (Å²) in [5, 5.41) is 11.3. The molecule has 0 bridgehead atoms. The van der Waals surface area contributed by atoms with Crippen LogP contribution in [0.1, 0.15) is 31.4 Å². The average molecular weight is 331 g/mol. The van der Waals surface area contributed by atoms with E-state index in [1.54, 1.807) is 6.92 Å². The third-order valence-electron chi connectivity index (χ3n) is 3.63. The molecule has 0 saturated carbocycles. The van der Waals surface area contributed by atoms with E-state index < -0.39 is 29.5 Å². The first-order valence-electron chi connectivity index (χ1n) is 7.31. The fraction of sp³-hybridized carbons (Fsp3) is 0.500. The minimum Gasteiger partial charge on any atom is -0.481 e. The van der Waals surface area contributed by atoms with Gasteiger partial charge in [-0.3, -0.25) is 9.59 Å². The van der Waals surface area contributed by atoms with Crippen LogP contribution in [0.15, 0.2) is 24.3 Å². The summed E-state index contributed by atoms with van der Waals surface area (Å²) in [5.74, 6) is -2.39. The number of benzene rings is 1. The summed E-state index contributed by atoms with van der Waals surface area (Å²) in [6.07, 6.45) is -3.57. The number of nitrogens with one attached hydrogen (secondary N) is 1. The number of amides is 1. The molecule has 7 heteroatoms. The molecule has 2 atom stereocenters. The highest BCUT2D eigenvalue weighted by Gasteiger charge is 2.30. The number of carboxylic acids is 1. The van der Waals surface area contributed by atoms with Crippen LogP contribution in [-0.4, -0.2) is 23.5 Å². The molecule has 0 radical (unpaired) electrons.